The van der Waals surface area contributed by atoms with E-state index >= 15 is 0 Å². The summed E-state index contributed by atoms with van der Waals surface area (Å²) < 4.78 is 5.15. The van der Waals surface area contributed by atoms with Crippen LogP contribution in [0.15, 0.2) is 59.1 Å². The van der Waals surface area contributed by atoms with Gasteiger partial charge in [-0.2, -0.15) is 5.26 Å². The number of carbonyl (C=O) groups is 2. The Morgan fingerprint density at radius 1 is 1.31 bits per heavy atom. The van der Waals surface area contributed by atoms with E-state index in [4.69, 9.17) is 4.74 Å². The van der Waals surface area contributed by atoms with Crippen LogP contribution in [0.3, 0.4) is 0 Å². The second-order valence-electron chi connectivity index (χ2n) is 6.64. The van der Waals surface area contributed by atoms with Gasteiger partial charge in [0.2, 0.25) is 11.8 Å². The maximum absolute atomic E-state index is 12.3. The number of aryl methyl sites for hydroxylation is 1. The molecule has 0 spiro atoms. The Balaban J connectivity index is 1.73. The van der Waals surface area contributed by atoms with Crippen LogP contribution in [0.5, 0.6) is 5.75 Å². The van der Waals surface area contributed by atoms with Crippen molar-refractivity contribution >= 4 is 29.3 Å². The molecule has 1 aliphatic heterocycles. The third kappa shape index (κ3) is 5.18. The quantitative estimate of drug-likeness (QED) is 0.762. The molecule has 7 heteroatoms. The molecular weight excluding hydrogens is 386 g/mol. The van der Waals surface area contributed by atoms with Crippen molar-refractivity contribution in [3.63, 3.8) is 0 Å². The van der Waals surface area contributed by atoms with Gasteiger partial charge in [-0.05, 0) is 24.6 Å². The van der Waals surface area contributed by atoms with Gasteiger partial charge in [-0.1, -0.05) is 47.7 Å². The molecule has 3 rings (SSSR count). The fourth-order valence-corrected chi connectivity index (χ4v) is 3.93. The van der Waals surface area contributed by atoms with Crippen LogP contribution in [0.1, 0.15) is 23.5 Å². The van der Waals surface area contributed by atoms with Gasteiger partial charge in [0.25, 0.3) is 0 Å². The number of nitriles is 1. The Morgan fingerprint density at radius 3 is 2.76 bits per heavy atom. The SMILES string of the molecule is COc1cccc(NC(=O)CSC2=C(C#N)C(c3ccc(C)cc3)CC(=O)N2)c1. The minimum Gasteiger partial charge on any atom is -0.497 e. The van der Waals surface area contributed by atoms with Crippen molar-refractivity contribution < 1.29 is 14.3 Å². The molecule has 0 fully saturated rings. The number of rotatable bonds is 6. The maximum atomic E-state index is 12.3. The molecule has 0 saturated carbocycles. The topological polar surface area (TPSA) is 91.2 Å². The molecule has 1 aliphatic rings. The number of anilines is 1. The zero-order chi connectivity index (χ0) is 20.8. The first-order chi connectivity index (χ1) is 14.0. The van der Waals surface area contributed by atoms with E-state index in [1.54, 1.807) is 31.4 Å². The molecular formula is C22H21N3O3S. The van der Waals surface area contributed by atoms with Gasteiger partial charge in [-0.25, -0.2) is 0 Å². The van der Waals surface area contributed by atoms with Crippen molar-refractivity contribution in [2.24, 2.45) is 0 Å². The molecule has 0 bridgehead atoms. The Kier molecular flexibility index (Phi) is 6.57. The summed E-state index contributed by atoms with van der Waals surface area (Å²) in [5.41, 5.74) is 3.13. The monoisotopic (exact) mass is 407 g/mol. The van der Waals surface area contributed by atoms with E-state index in [1.165, 1.54) is 0 Å². The summed E-state index contributed by atoms with van der Waals surface area (Å²) in [5.74, 6) is 0.00672. The highest BCUT2D eigenvalue weighted by molar-refractivity contribution is 8.03. The first-order valence-corrected chi connectivity index (χ1v) is 10.1. The lowest BCUT2D eigenvalue weighted by Crippen LogP contribution is -2.31. The van der Waals surface area contributed by atoms with Crippen molar-refractivity contribution in [1.82, 2.24) is 5.32 Å². The Morgan fingerprint density at radius 2 is 2.07 bits per heavy atom. The van der Waals surface area contributed by atoms with Crippen LogP contribution < -0.4 is 15.4 Å². The van der Waals surface area contributed by atoms with Gasteiger partial charge >= 0.3 is 0 Å². The predicted molar refractivity (Wildman–Crippen MR) is 113 cm³/mol. The Labute approximate surface area is 173 Å². The van der Waals surface area contributed by atoms with Crippen molar-refractivity contribution in [1.29, 1.82) is 5.26 Å². The number of nitrogens with one attached hydrogen (secondary N) is 2. The summed E-state index contributed by atoms with van der Waals surface area (Å²) in [6.45, 7) is 1.99. The Hall–Kier alpha value is -3.24. The highest BCUT2D eigenvalue weighted by Gasteiger charge is 2.29. The predicted octanol–water partition coefficient (Wildman–Crippen LogP) is 3.71. The van der Waals surface area contributed by atoms with Crippen molar-refractivity contribution in [3.8, 4) is 11.8 Å². The summed E-state index contributed by atoms with van der Waals surface area (Å²) in [6.07, 6.45) is 0.214. The van der Waals surface area contributed by atoms with E-state index in [-0.39, 0.29) is 29.9 Å². The molecule has 2 amide bonds. The molecule has 29 heavy (non-hydrogen) atoms. The average Bonchev–Trinajstić information content (AvgIpc) is 2.72. The number of amides is 2. The van der Waals surface area contributed by atoms with Gasteiger partial charge in [0.1, 0.15) is 5.75 Å². The zero-order valence-electron chi connectivity index (χ0n) is 16.2. The molecule has 2 N–H and O–H groups in total. The molecule has 0 aliphatic carbocycles. The summed E-state index contributed by atoms with van der Waals surface area (Å²) in [5, 5.41) is 15.7. The number of ether oxygens (including phenoxy) is 1. The first kappa shape index (κ1) is 20.5. The highest BCUT2D eigenvalue weighted by Crippen LogP contribution is 2.36. The average molecular weight is 407 g/mol. The van der Waals surface area contributed by atoms with E-state index in [9.17, 15) is 14.9 Å². The van der Waals surface area contributed by atoms with Crippen molar-refractivity contribution in [3.05, 3.63) is 70.3 Å². The number of benzene rings is 2. The van der Waals surface area contributed by atoms with Gasteiger partial charge in [0.15, 0.2) is 0 Å². The van der Waals surface area contributed by atoms with Crippen LogP contribution in [-0.2, 0) is 9.59 Å². The van der Waals surface area contributed by atoms with Crippen molar-refractivity contribution in [2.75, 3.05) is 18.2 Å². The van der Waals surface area contributed by atoms with Crippen LogP contribution >= 0.6 is 11.8 Å². The minimum absolute atomic E-state index is 0.0681. The molecule has 0 aromatic heterocycles. The molecule has 1 heterocycles. The van der Waals surface area contributed by atoms with E-state index < -0.39 is 0 Å². The van der Waals surface area contributed by atoms with Gasteiger partial charge in [0.05, 0.1) is 29.5 Å². The smallest absolute Gasteiger partial charge is 0.234 e. The molecule has 1 atom stereocenters. The molecule has 2 aromatic rings. The van der Waals surface area contributed by atoms with Crippen LogP contribution in [0.2, 0.25) is 0 Å². The number of carbonyl (C=O) groups excluding carboxylic acids is 2. The molecule has 2 aromatic carbocycles. The minimum atomic E-state index is -0.307. The number of thioether (sulfide) groups is 1. The van der Waals surface area contributed by atoms with E-state index in [0.29, 0.717) is 22.0 Å². The molecule has 148 valence electrons. The van der Waals surface area contributed by atoms with Crippen LogP contribution in [0, 0.1) is 18.3 Å². The van der Waals surface area contributed by atoms with E-state index in [2.05, 4.69) is 16.7 Å². The first-order valence-electron chi connectivity index (χ1n) is 9.07. The van der Waals surface area contributed by atoms with Gasteiger partial charge in [-0.3, -0.25) is 9.59 Å². The fraction of sp³-hybridized carbons (Fsp3) is 0.227. The second-order valence-corrected chi connectivity index (χ2v) is 7.62. The maximum Gasteiger partial charge on any atom is 0.234 e. The largest absolute Gasteiger partial charge is 0.497 e. The molecule has 1 unspecified atom stereocenters. The third-order valence-corrected chi connectivity index (χ3v) is 5.55. The lowest BCUT2D eigenvalue weighted by Gasteiger charge is -2.25. The van der Waals surface area contributed by atoms with Gasteiger partial charge in [0, 0.05) is 24.1 Å². The third-order valence-electron chi connectivity index (χ3n) is 4.54. The number of hydrogen-bond acceptors (Lipinski definition) is 5. The zero-order valence-corrected chi connectivity index (χ0v) is 17.0. The molecule has 6 nitrogen and oxygen atoms in total. The van der Waals surface area contributed by atoms with E-state index in [1.807, 2.05) is 31.2 Å². The number of nitrogens with zero attached hydrogens (tertiary/aromatic N) is 1. The fourth-order valence-electron chi connectivity index (χ4n) is 3.05. The van der Waals surface area contributed by atoms with Crippen LogP contribution in [0.4, 0.5) is 5.69 Å². The number of hydrogen-bond donors (Lipinski definition) is 2. The highest BCUT2D eigenvalue weighted by atomic mass is 32.2. The van der Waals surface area contributed by atoms with Gasteiger partial charge in [-0.15, -0.1) is 0 Å². The van der Waals surface area contributed by atoms with E-state index in [0.717, 1.165) is 22.9 Å². The summed E-state index contributed by atoms with van der Waals surface area (Å²) in [6, 6.07) is 17.1. The number of methoxy groups -OCH3 is 1. The molecule has 0 radical (unpaired) electrons. The molecule has 0 saturated heterocycles. The summed E-state index contributed by atoms with van der Waals surface area (Å²) in [4.78, 5) is 24.5. The summed E-state index contributed by atoms with van der Waals surface area (Å²) in [7, 11) is 1.56. The van der Waals surface area contributed by atoms with Crippen molar-refractivity contribution in [2.45, 2.75) is 19.3 Å². The standard InChI is InChI=1S/C22H21N3O3S/c1-14-6-8-15(9-7-14)18-11-20(26)25-22(19(18)12-23)29-13-21(27)24-16-4-3-5-17(10-16)28-2/h3-10,18H,11,13H2,1-2H3,(H,24,27)(H,25,26). The second kappa shape index (κ2) is 9.30. The van der Waals surface area contributed by atoms with Crippen LogP contribution in [0.25, 0.3) is 0 Å². The van der Waals surface area contributed by atoms with Gasteiger partial charge < -0.3 is 15.4 Å². The lowest BCUT2D eigenvalue weighted by molar-refractivity contribution is -0.121. The summed E-state index contributed by atoms with van der Waals surface area (Å²) >= 11 is 1.15. The van der Waals surface area contributed by atoms with Crippen LogP contribution in [-0.4, -0.2) is 24.7 Å². The normalized spacial score (nSPS) is 16.0. The lowest BCUT2D eigenvalue weighted by atomic mass is 9.87. The number of allylic oxidation sites excluding steroid dienone is 1. The Bertz CT molecular complexity index is 993.